The molecule has 0 amide bonds. The monoisotopic (exact) mass is 157 g/mol. The van der Waals surface area contributed by atoms with Gasteiger partial charge in [-0.05, 0) is 13.3 Å². The Labute approximate surface area is 67.1 Å². The number of nitrogens with one attached hydrogen (secondary N) is 1. The van der Waals surface area contributed by atoms with Gasteiger partial charge in [0.2, 0.25) is 0 Å². The summed E-state index contributed by atoms with van der Waals surface area (Å²) in [5.74, 6) is 0. The molecule has 1 N–H and O–H groups in total. The minimum absolute atomic E-state index is 0.385. The van der Waals surface area contributed by atoms with Crippen LogP contribution in [0, 0.1) is 0 Å². The van der Waals surface area contributed by atoms with Gasteiger partial charge in [-0.15, -0.1) is 0 Å². The van der Waals surface area contributed by atoms with Crippen LogP contribution in [0.3, 0.4) is 0 Å². The summed E-state index contributed by atoms with van der Waals surface area (Å²) in [7, 11) is 0. The topological polar surface area (TPSA) is 30.5 Å². The zero-order valence-corrected chi connectivity index (χ0v) is 6.88. The first kappa shape index (κ1) is 7.53. The summed E-state index contributed by atoms with van der Waals surface area (Å²) in [6.45, 7) is 4.79. The van der Waals surface area contributed by atoms with E-state index in [0.29, 0.717) is 18.2 Å². The fraction of sp³-hybridized carbons (Fsp3) is 1.00. The molecule has 0 saturated carbocycles. The van der Waals surface area contributed by atoms with Crippen LogP contribution in [0.25, 0.3) is 0 Å². The molecule has 3 nitrogen and oxygen atoms in total. The van der Waals surface area contributed by atoms with E-state index in [1.54, 1.807) is 0 Å². The lowest BCUT2D eigenvalue weighted by atomic mass is 10.1. The first-order valence-electron chi connectivity index (χ1n) is 4.31. The molecule has 2 atom stereocenters. The molecule has 0 spiro atoms. The van der Waals surface area contributed by atoms with Gasteiger partial charge in [0.15, 0.2) is 0 Å². The summed E-state index contributed by atoms with van der Waals surface area (Å²) in [5, 5.41) is 3.52. The molecule has 64 valence electrons. The van der Waals surface area contributed by atoms with E-state index >= 15 is 0 Å². The van der Waals surface area contributed by atoms with Crippen molar-refractivity contribution < 1.29 is 9.47 Å². The van der Waals surface area contributed by atoms with Crippen molar-refractivity contribution in [2.75, 3.05) is 19.8 Å². The number of hydrogen-bond donors (Lipinski definition) is 1. The van der Waals surface area contributed by atoms with E-state index in [1.165, 1.54) is 0 Å². The van der Waals surface area contributed by atoms with E-state index in [9.17, 15) is 0 Å². The summed E-state index contributed by atoms with van der Waals surface area (Å²) in [5.41, 5.74) is 0. The Balaban J connectivity index is 1.75. The van der Waals surface area contributed by atoms with Gasteiger partial charge in [0.05, 0.1) is 25.4 Å². The van der Waals surface area contributed by atoms with E-state index < -0.39 is 0 Å². The molecule has 2 rings (SSSR count). The van der Waals surface area contributed by atoms with Crippen molar-refractivity contribution in [2.45, 2.75) is 31.5 Å². The van der Waals surface area contributed by atoms with Crippen molar-refractivity contribution in [3.63, 3.8) is 0 Å². The van der Waals surface area contributed by atoms with Crippen LogP contribution in [-0.4, -0.2) is 38.0 Å². The van der Waals surface area contributed by atoms with Gasteiger partial charge in [0.1, 0.15) is 0 Å². The van der Waals surface area contributed by atoms with Gasteiger partial charge in [-0.1, -0.05) is 0 Å². The number of rotatable bonds is 2. The molecule has 0 aromatic carbocycles. The van der Waals surface area contributed by atoms with Gasteiger partial charge in [-0.2, -0.15) is 0 Å². The van der Waals surface area contributed by atoms with Crippen LogP contribution in [0.1, 0.15) is 13.3 Å². The first-order chi connectivity index (χ1) is 5.36. The summed E-state index contributed by atoms with van der Waals surface area (Å²) in [4.78, 5) is 0. The van der Waals surface area contributed by atoms with Crippen molar-refractivity contribution in [1.29, 1.82) is 0 Å². The third kappa shape index (κ3) is 1.55. The van der Waals surface area contributed by atoms with Gasteiger partial charge in [-0.25, -0.2) is 0 Å². The highest BCUT2D eigenvalue weighted by molar-refractivity contribution is 4.85. The van der Waals surface area contributed by atoms with E-state index in [4.69, 9.17) is 9.47 Å². The Morgan fingerprint density at radius 2 is 2.18 bits per heavy atom. The minimum atomic E-state index is 0.385. The Morgan fingerprint density at radius 3 is 2.64 bits per heavy atom. The van der Waals surface area contributed by atoms with Crippen LogP contribution >= 0.6 is 0 Å². The maximum Gasteiger partial charge on any atom is 0.0700 e. The molecule has 2 aliphatic heterocycles. The van der Waals surface area contributed by atoms with Crippen LogP contribution in [0.2, 0.25) is 0 Å². The second kappa shape index (κ2) is 3.09. The average molecular weight is 157 g/mol. The van der Waals surface area contributed by atoms with Crippen molar-refractivity contribution in [1.82, 2.24) is 5.32 Å². The van der Waals surface area contributed by atoms with E-state index in [-0.39, 0.29) is 0 Å². The van der Waals surface area contributed by atoms with Crippen LogP contribution in [-0.2, 0) is 9.47 Å². The van der Waals surface area contributed by atoms with Crippen LogP contribution in [0.4, 0.5) is 0 Å². The molecule has 2 unspecified atom stereocenters. The molecule has 2 fully saturated rings. The molecule has 0 aromatic heterocycles. The smallest absolute Gasteiger partial charge is 0.0700 e. The fourth-order valence-corrected chi connectivity index (χ4v) is 1.59. The van der Waals surface area contributed by atoms with E-state index in [2.05, 4.69) is 12.2 Å². The molecule has 0 aliphatic carbocycles. The Kier molecular flexibility index (Phi) is 2.11. The molecule has 0 radical (unpaired) electrons. The summed E-state index contributed by atoms with van der Waals surface area (Å²) in [6, 6.07) is 1.15. The van der Waals surface area contributed by atoms with Crippen molar-refractivity contribution >= 4 is 0 Å². The molecule has 2 heterocycles. The number of hydrogen-bond acceptors (Lipinski definition) is 3. The average Bonchev–Trinajstić information content (AvgIpc) is 2.27. The van der Waals surface area contributed by atoms with Gasteiger partial charge in [0, 0.05) is 12.6 Å². The highest BCUT2D eigenvalue weighted by Gasteiger charge is 2.28. The van der Waals surface area contributed by atoms with Gasteiger partial charge in [0.25, 0.3) is 0 Å². The van der Waals surface area contributed by atoms with Crippen LogP contribution in [0.5, 0.6) is 0 Å². The highest BCUT2D eigenvalue weighted by Crippen LogP contribution is 2.14. The van der Waals surface area contributed by atoms with Gasteiger partial charge >= 0.3 is 0 Å². The van der Waals surface area contributed by atoms with Crippen molar-refractivity contribution in [3.05, 3.63) is 0 Å². The lowest BCUT2D eigenvalue weighted by Gasteiger charge is -2.30. The van der Waals surface area contributed by atoms with E-state index in [1.807, 2.05) is 0 Å². The highest BCUT2D eigenvalue weighted by atomic mass is 16.5. The lowest BCUT2D eigenvalue weighted by Crippen LogP contribution is -2.52. The van der Waals surface area contributed by atoms with Crippen molar-refractivity contribution in [3.8, 4) is 0 Å². The zero-order chi connectivity index (χ0) is 7.68. The largest absolute Gasteiger partial charge is 0.378 e. The van der Waals surface area contributed by atoms with E-state index in [0.717, 1.165) is 26.2 Å². The lowest BCUT2D eigenvalue weighted by molar-refractivity contribution is -0.0141. The maximum absolute atomic E-state index is 5.43. The molecule has 3 heteroatoms. The Morgan fingerprint density at radius 1 is 1.36 bits per heavy atom. The predicted molar refractivity (Wildman–Crippen MR) is 41.6 cm³/mol. The molecule has 2 aliphatic rings. The maximum atomic E-state index is 5.43. The third-order valence-corrected chi connectivity index (χ3v) is 2.46. The molecule has 2 saturated heterocycles. The molecular formula is C8H15NO2. The second-order valence-electron chi connectivity index (χ2n) is 3.37. The van der Waals surface area contributed by atoms with Gasteiger partial charge < -0.3 is 14.8 Å². The number of ether oxygens (including phenoxy) is 2. The molecule has 0 bridgehead atoms. The second-order valence-corrected chi connectivity index (χ2v) is 3.37. The predicted octanol–water partition coefficient (Wildman–Crippen LogP) is 0.152. The summed E-state index contributed by atoms with van der Waals surface area (Å²) < 4.78 is 10.5. The fourth-order valence-electron chi connectivity index (χ4n) is 1.59. The summed E-state index contributed by atoms with van der Waals surface area (Å²) >= 11 is 0. The Hall–Kier alpha value is -0.120. The zero-order valence-electron chi connectivity index (χ0n) is 6.88. The standard InChI is InChI=1S/C8H15NO2/c1-6-8(2-3-11-6)9-7-4-10-5-7/h6-9H,2-5H2,1H3. The molecular weight excluding hydrogens is 142 g/mol. The molecule has 11 heavy (non-hydrogen) atoms. The van der Waals surface area contributed by atoms with Crippen LogP contribution < -0.4 is 5.32 Å². The third-order valence-electron chi connectivity index (χ3n) is 2.46. The quantitative estimate of drug-likeness (QED) is 0.619. The Bertz CT molecular complexity index is 136. The normalized spacial score (nSPS) is 39.0. The van der Waals surface area contributed by atoms with Crippen LogP contribution in [0.15, 0.2) is 0 Å². The SMILES string of the molecule is CC1OCCC1NC1COC1. The van der Waals surface area contributed by atoms with Crippen molar-refractivity contribution in [2.24, 2.45) is 0 Å². The first-order valence-corrected chi connectivity index (χ1v) is 4.31. The minimum Gasteiger partial charge on any atom is -0.378 e. The molecule has 0 aromatic rings. The summed E-state index contributed by atoms with van der Waals surface area (Å²) in [6.07, 6.45) is 1.54. The van der Waals surface area contributed by atoms with Gasteiger partial charge in [-0.3, -0.25) is 0 Å².